The molecule has 0 unspecified atom stereocenters. The van der Waals surface area contributed by atoms with Crippen molar-refractivity contribution in [3.8, 4) is 0 Å². The number of rotatable bonds is 3. The molecule has 1 saturated carbocycles. The Morgan fingerprint density at radius 2 is 2.19 bits per heavy atom. The molecule has 0 spiro atoms. The monoisotopic (exact) mass is 216 g/mol. The molecule has 1 aliphatic rings. The summed E-state index contributed by atoms with van der Waals surface area (Å²) in [5.41, 5.74) is 5.70. The van der Waals surface area contributed by atoms with E-state index in [4.69, 9.17) is 0 Å². The van der Waals surface area contributed by atoms with Gasteiger partial charge in [0.2, 0.25) is 5.91 Å². The number of hydrogen-bond acceptors (Lipinski definition) is 2. The molecule has 2 rings (SSSR count). The van der Waals surface area contributed by atoms with Crippen molar-refractivity contribution >= 4 is 11.6 Å². The fourth-order valence-corrected chi connectivity index (χ4v) is 1.51. The van der Waals surface area contributed by atoms with Crippen molar-refractivity contribution in [2.24, 2.45) is 11.0 Å². The van der Waals surface area contributed by atoms with Crippen LogP contribution in [0.4, 0.5) is 0 Å². The molecule has 0 atom stereocenters. The van der Waals surface area contributed by atoms with Crippen LogP contribution >= 0.6 is 0 Å². The highest BCUT2D eigenvalue weighted by Crippen LogP contribution is 2.28. The van der Waals surface area contributed by atoms with E-state index >= 15 is 0 Å². The van der Waals surface area contributed by atoms with Crippen LogP contribution in [0.5, 0.6) is 0 Å². The first-order valence-electron chi connectivity index (χ1n) is 5.58. The van der Waals surface area contributed by atoms with Crippen molar-refractivity contribution in [3.63, 3.8) is 0 Å². The lowest BCUT2D eigenvalue weighted by Crippen LogP contribution is -2.20. The molecule has 1 aliphatic carbocycles. The summed E-state index contributed by atoms with van der Waals surface area (Å²) >= 11 is 0. The molecule has 3 nitrogen and oxygen atoms in total. The summed E-state index contributed by atoms with van der Waals surface area (Å²) in [6, 6.07) is 8.09. The molecular weight excluding hydrogens is 200 g/mol. The summed E-state index contributed by atoms with van der Waals surface area (Å²) in [6.07, 6.45) is 2.01. The van der Waals surface area contributed by atoms with Crippen LogP contribution in [0.3, 0.4) is 0 Å². The Morgan fingerprint density at radius 1 is 1.44 bits per heavy atom. The van der Waals surface area contributed by atoms with Gasteiger partial charge in [-0.2, -0.15) is 5.10 Å². The highest BCUT2D eigenvalue weighted by Gasteiger charge is 2.29. The molecule has 1 aromatic rings. The Balaban J connectivity index is 2.02. The van der Waals surface area contributed by atoms with Gasteiger partial charge in [0, 0.05) is 5.92 Å². The van der Waals surface area contributed by atoms with Crippen molar-refractivity contribution in [2.45, 2.75) is 26.7 Å². The number of nitrogens with zero attached hydrogens (tertiary/aromatic N) is 1. The average Bonchev–Trinajstić information content (AvgIpc) is 3.09. The Labute approximate surface area is 95.6 Å². The van der Waals surface area contributed by atoms with E-state index in [0.29, 0.717) is 0 Å². The molecule has 0 heterocycles. The van der Waals surface area contributed by atoms with Gasteiger partial charge < -0.3 is 0 Å². The maximum absolute atomic E-state index is 11.4. The molecule has 0 bridgehead atoms. The van der Waals surface area contributed by atoms with E-state index in [1.165, 1.54) is 5.56 Å². The smallest absolute Gasteiger partial charge is 0.243 e. The molecular formula is C13H16N2O. The van der Waals surface area contributed by atoms with E-state index in [-0.39, 0.29) is 11.8 Å². The van der Waals surface area contributed by atoms with Crippen molar-refractivity contribution in [1.29, 1.82) is 0 Å². The van der Waals surface area contributed by atoms with Crippen LogP contribution in [0.1, 0.15) is 30.9 Å². The third-order valence-electron chi connectivity index (χ3n) is 2.72. The van der Waals surface area contributed by atoms with Gasteiger partial charge in [-0.1, -0.05) is 29.8 Å². The van der Waals surface area contributed by atoms with Gasteiger partial charge in [0.1, 0.15) is 0 Å². The average molecular weight is 216 g/mol. The van der Waals surface area contributed by atoms with E-state index in [1.54, 1.807) is 0 Å². The van der Waals surface area contributed by atoms with Gasteiger partial charge in [0.15, 0.2) is 0 Å². The fourth-order valence-electron chi connectivity index (χ4n) is 1.51. The van der Waals surface area contributed by atoms with Crippen LogP contribution < -0.4 is 5.43 Å². The fraction of sp³-hybridized carbons (Fsp3) is 0.385. The minimum Gasteiger partial charge on any atom is -0.273 e. The molecule has 3 heteroatoms. The molecule has 1 aromatic carbocycles. The molecule has 1 fully saturated rings. The standard InChI is InChI=1S/C13H16N2O/c1-9-4-3-5-12(8-9)10(2)14-15-13(16)11-6-7-11/h3-5,8,11H,6-7H2,1-2H3,(H,15,16). The van der Waals surface area contributed by atoms with E-state index in [9.17, 15) is 4.79 Å². The normalized spacial score (nSPS) is 16.0. The molecule has 0 radical (unpaired) electrons. The molecule has 0 aromatic heterocycles. The van der Waals surface area contributed by atoms with Crippen LogP contribution in [0.25, 0.3) is 0 Å². The predicted octanol–water partition coefficient (Wildman–Crippen LogP) is 2.25. The minimum absolute atomic E-state index is 0.0482. The highest BCUT2D eigenvalue weighted by molar-refractivity contribution is 5.99. The third kappa shape index (κ3) is 2.69. The first-order valence-corrected chi connectivity index (χ1v) is 5.58. The molecule has 0 aliphatic heterocycles. The summed E-state index contributed by atoms with van der Waals surface area (Å²) in [5.74, 6) is 0.251. The number of carbonyl (C=O) groups excluding carboxylic acids is 1. The van der Waals surface area contributed by atoms with Gasteiger partial charge in [0.25, 0.3) is 0 Å². The second-order valence-corrected chi connectivity index (χ2v) is 4.32. The SMILES string of the molecule is CC(=NNC(=O)C1CC1)c1cccc(C)c1. The molecule has 16 heavy (non-hydrogen) atoms. The van der Waals surface area contributed by atoms with Crippen LogP contribution in [-0.2, 0) is 4.79 Å². The number of hydrazone groups is 1. The lowest BCUT2D eigenvalue weighted by Gasteiger charge is -2.03. The maximum atomic E-state index is 11.4. The Bertz CT molecular complexity index is 433. The van der Waals surface area contributed by atoms with E-state index in [2.05, 4.69) is 16.6 Å². The molecule has 84 valence electrons. The maximum Gasteiger partial charge on any atom is 0.243 e. The summed E-state index contributed by atoms with van der Waals surface area (Å²) in [7, 11) is 0. The first kappa shape index (κ1) is 10.9. The predicted molar refractivity (Wildman–Crippen MR) is 64.3 cm³/mol. The van der Waals surface area contributed by atoms with Gasteiger partial charge in [-0.3, -0.25) is 4.79 Å². The number of hydrogen-bond donors (Lipinski definition) is 1. The van der Waals surface area contributed by atoms with E-state index < -0.39 is 0 Å². The summed E-state index contributed by atoms with van der Waals surface area (Å²) in [4.78, 5) is 11.4. The summed E-state index contributed by atoms with van der Waals surface area (Å²) in [6.45, 7) is 3.95. The second kappa shape index (κ2) is 4.47. The van der Waals surface area contributed by atoms with Crippen molar-refractivity contribution < 1.29 is 4.79 Å². The lowest BCUT2D eigenvalue weighted by atomic mass is 10.1. The number of carbonyl (C=O) groups is 1. The number of benzene rings is 1. The Kier molecular flexibility index (Phi) is 3.04. The Morgan fingerprint density at radius 3 is 2.81 bits per heavy atom. The zero-order valence-corrected chi connectivity index (χ0v) is 9.66. The Hall–Kier alpha value is -1.64. The lowest BCUT2D eigenvalue weighted by molar-refractivity contribution is -0.122. The van der Waals surface area contributed by atoms with E-state index in [1.807, 2.05) is 32.0 Å². The van der Waals surface area contributed by atoms with Crippen LogP contribution in [0.15, 0.2) is 29.4 Å². The van der Waals surface area contributed by atoms with Gasteiger partial charge >= 0.3 is 0 Å². The molecule has 0 saturated heterocycles. The van der Waals surface area contributed by atoms with Gasteiger partial charge in [-0.15, -0.1) is 0 Å². The van der Waals surface area contributed by atoms with Crippen LogP contribution in [0.2, 0.25) is 0 Å². The van der Waals surface area contributed by atoms with Crippen molar-refractivity contribution in [1.82, 2.24) is 5.43 Å². The number of nitrogens with one attached hydrogen (secondary N) is 1. The highest BCUT2D eigenvalue weighted by atomic mass is 16.2. The first-order chi connectivity index (χ1) is 7.66. The minimum atomic E-state index is 0.0482. The zero-order valence-electron chi connectivity index (χ0n) is 9.66. The summed E-state index contributed by atoms with van der Waals surface area (Å²) in [5, 5.41) is 4.11. The van der Waals surface area contributed by atoms with E-state index in [0.717, 1.165) is 24.1 Å². The molecule has 1 amide bonds. The number of aryl methyl sites for hydroxylation is 1. The topological polar surface area (TPSA) is 41.5 Å². The van der Waals surface area contributed by atoms with Crippen LogP contribution in [0, 0.1) is 12.8 Å². The van der Waals surface area contributed by atoms with Crippen LogP contribution in [-0.4, -0.2) is 11.6 Å². The largest absolute Gasteiger partial charge is 0.273 e. The van der Waals surface area contributed by atoms with Gasteiger partial charge in [-0.05, 0) is 32.3 Å². The zero-order chi connectivity index (χ0) is 11.5. The molecule has 1 N–H and O–H groups in total. The summed E-state index contributed by atoms with van der Waals surface area (Å²) < 4.78 is 0. The van der Waals surface area contributed by atoms with Crippen molar-refractivity contribution in [3.05, 3.63) is 35.4 Å². The van der Waals surface area contributed by atoms with Crippen molar-refractivity contribution in [2.75, 3.05) is 0 Å². The quantitative estimate of drug-likeness (QED) is 0.611. The third-order valence-corrected chi connectivity index (χ3v) is 2.72. The van der Waals surface area contributed by atoms with Gasteiger partial charge in [-0.25, -0.2) is 5.43 Å². The second-order valence-electron chi connectivity index (χ2n) is 4.32. The number of amides is 1. The van der Waals surface area contributed by atoms with Gasteiger partial charge in [0.05, 0.1) is 5.71 Å².